The number of nitrogens with one attached hydrogen (secondary N) is 1. The minimum absolute atomic E-state index is 0.0306. The summed E-state index contributed by atoms with van der Waals surface area (Å²) in [4.78, 5) is 0. The van der Waals surface area contributed by atoms with Crippen molar-refractivity contribution in [1.82, 2.24) is 5.32 Å². The molecule has 0 heterocycles. The maximum atomic E-state index is 9.03. The smallest absolute Gasteiger partial charge is 0.0645 e. The van der Waals surface area contributed by atoms with Crippen molar-refractivity contribution in [1.29, 1.82) is 0 Å². The van der Waals surface area contributed by atoms with E-state index >= 15 is 0 Å². The molecule has 12 heavy (non-hydrogen) atoms. The van der Waals surface area contributed by atoms with Crippen LogP contribution in [0.2, 0.25) is 0 Å². The van der Waals surface area contributed by atoms with Crippen LogP contribution in [0.15, 0.2) is 12.7 Å². The summed E-state index contributed by atoms with van der Waals surface area (Å²) in [6, 6.07) is 0. The van der Waals surface area contributed by atoms with Crippen molar-refractivity contribution in [3.05, 3.63) is 12.7 Å². The van der Waals surface area contributed by atoms with Crippen LogP contribution < -0.4 is 5.32 Å². The zero-order valence-electron chi connectivity index (χ0n) is 7.71. The maximum Gasteiger partial charge on any atom is 0.0645 e. The van der Waals surface area contributed by atoms with Crippen molar-refractivity contribution >= 4 is 0 Å². The van der Waals surface area contributed by atoms with Crippen LogP contribution in [0.4, 0.5) is 0 Å². The standard InChI is InChI=1S/C9H19NO2/c1-3-5-6-10-9(4-2,7-11)8-12/h3,10-12H,1,4-8H2,2H3. The number of hydrogen-bond donors (Lipinski definition) is 3. The van der Waals surface area contributed by atoms with E-state index in [1.807, 2.05) is 13.0 Å². The molecule has 3 N–H and O–H groups in total. The van der Waals surface area contributed by atoms with Gasteiger partial charge in [0.25, 0.3) is 0 Å². The largest absolute Gasteiger partial charge is 0.394 e. The fourth-order valence-corrected chi connectivity index (χ4v) is 0.950. The number of aliphatic hydroxyl groups excluding tert-OH is 2. The van der Waals surface area contributed by atoms with E-state index in [-0.39, 0.29) is 13.2 Å². The summed E-state index contributed by atoms with van der Waals surface area (Å²) in [6.45, 7) is 6.22. The second kappa shape index (κ2) is 6.17. The van der Waals surface area contributed by atoms with E-state index in [1.54, 1.807) is 0 Å². The van der Waals surface area contributed by atoms with Gasteiger partial charge in [-0.3, -0.25) is 0 Å². The maximum absolute atomic E-state index is 9.03. The van der Waals surface area contributed by atoms with Crippen LogP contribution in [-0.4, -0.2) is 35.5 Å². The van der Waals surface area contributed by atoms with Gasteiger partial charge in [0, 0.05) is 0 Å². The molecule has 0 radical (unpaired) electrons. The first-order chi connectivity index (χ1) is 5.74. The molecule has 0 aromatic carbocycles. The second-order valence-electron chi connectivity index (χ2n) is 2.95. The SMILES string of the molecule is C=CCCNC(CC)(CO)CO. The van der Waals surface area contributed by atoms with E-state index in [9.17, 15) is 0 Å². The normalized spacial score (nSPS) is 11.6. The molecule has 0 aliphatic rings. The molecule has 0 aliphatic carbocycles. The third-order valence-electron chi connectivity index (χ3n) is 2.13. The van der Waals surface area contributed by atoms with Gasteiger partial charge in [0.15, 0.2) is 0 Å². The molecule has 0 saturated heterocycles. The highest BCUT2D eigenvalue weighted by Crippen LogP contribution is 2.07. The number of rotatable bonds is 7. The van der Waals surface area contributed by atoms with Crippen LogP contribution in [0.3, 0.4) is 0 Å². The Labute approximate surface area is 74.1 Å². The first-order valence-corrected chi connectivity index (χ1v) is 4.32. The Bertz CT molecular complexity index is 113. The van der Waals surface area contributed by atoms with Gasteiger partial charge in [-0.1, -0.05) is 13.0 Å². The van der Waals surface area contributed by atoms with Crippen molar-refractivity contribution in [3.63, 3.8) is 0 Å². The zero-order valence-corrected chi connectivity index (χ0v) is 7.71. The Morgan fingerprint density at radius 3 is 2.33 bits per heavy atom. The van der Waals surface area contributed by atoms with Gasteiger partial charge >= 0.3 is 0 Å². The molecular formula is C9H19NO2. The molecule has 3 heteroatoms. The van der Waals surface area contributed by atoms with E-state index in [4.69, 9.17) is 10.2 Å². The fourth-order valence-electron chi connectivity index (χ4n) is 0.950. The molecule has 0 amide bonds. The van der Waals surface area contributed by atoms with E-state index in [0.29, 0.717) is 0 Å². The van der Waals surface area contributed by atoms with Crippen molar-refractivity contribution in [2.24, 2.45) is 0 Å². The molecule has 0 aliphatic heterocycles. The zero-order chi connectivity index (χ0) is 9.45. The molecule has 0 rings (SSSR count). The van der Waals surface area contributed by atoms with Gasteiger partial charge in [-0.05, 0) is 19.4 Å². The molecule has 0 aromatic rings. The summed E-state index contributed by atoms with van der Waals surface area (Å²) in [5, 5.41) is 21.2. The molecule has 0 saturated carbocycles. The lowest BCUT2D eigenvalue weighted by atomic mass is 9.98. The lowest BCUT2D eigenvalue weighted by molar-refractivity contribution is 0.0885. The molecule has 0 spiro atoms. The summed E-state index contributed by atoms with van der Waals surface area (Å²) in [5.41, 5.74) is -0.511. The number of aliphatic hydroxyl groups is 2. The summed E-state index contributed by atoms with van der Waals surface area (Å²) in [7, 11) is 0. The van der Waals surface area contributed by atoms with Gasteiger partial charge in [-0.25, -0.2) is 0 Å². The van der Waals surface area contributed by atoms with Crippen LogP contribution in [0.5, 0.6) is 0 Å². The highest BCUT2D eigenvalue weighted by molar-refractivity contribution is 4.86. The Balaban J connectivity index is 3.84. The molecule has 72 valence electrons. The summed E-state index contributed by atoms with van der Waals surface area (Å²) in [5.74, 6) is 0. The Hall–Kier alpha value is -0.380. The molecular weight excluding hydrogens is 154 g/mol. The predicted octanol–water partition coefficient (Wildman–Crippen LogP) is 0.285. The summed E-state index contributed by atoms with van der Waals surface area (Å²) < 4.78 is 0. The lowest BCUT2D eigenvalue weighted by Gasteiger charge is -2.29. The van der Waals surface area contributed by atoms with Crippen LogP contribution in [-0.2, 0) is 0 Å². The van der Waals surface area contributed by atoms with Gasteiger partial charge in [0.05, 0.1) is 18.8 Å². The second-order valence-corrected chi connectivity index (χ2v) is 2.95. The van der Waals surface area contributed by atoms with Gasteiger partial charge in [0.1, 0.15) is 0 Å². The monoisotopic (exact) mass is 173 g/mol. The molecule has 0 unspecified atom stereocenters. The Morgan fingerprint density at radius 2 is 2.00 bits per heavy atom. The predicted molar refractivity (Wildman–Crippen MR) is 50.0 cm³/mol. The molecule has 0 fully saturated rings. The molecule has 0 aromatic heterocycles. The van der Waals surface area contributed by atoms with Crippen molar-refractivity contribution in [3.8, 4) is 0 Å². The minimum Gasteiger partial charge on any atom is -0.394 e. The number of hydrogen-bond acceptors (Lipinski definition) is 3. The van der Waals surface area contributed by atoms with E-state index in [0.717, 1.165) is 19.4 Å². The van der Waals surface area contributed by atoms with Crippen molar-refractivity contribution in [2.45, 2.75) is 25.3 Å². The van der Waals surface area contributed by atoms with Crippen LogP contribution in [0, 0.1) is 0 Å². The summed E-state index contributed by atoms with van der Waals surface area (Å²) >= 11 is 0. The lowest BCUT2D eigenvalue weighted by Crippen LogP contribution is -2.51. The molecule has 3 nitrogen and oxygen atoms in total. The highest BCUT2D eigenvalue weighted by atomic mass is 16.3. The fraction of sp³-hybridized carbons (Fsp3) is 0.778. The van der Waals surface area contributed by atoms with Gasteiger partial charge in [-0.2, -0.15) is 0 Å². The first kappa shape index (κ1) is 11.6. The van der Waals surface area contributed by atoms with Gasteiger partial charge in [-0.15, -0.1) is 6.58 Å². The van der Waals surface area contributed by atoms with Crippen molar-refractivity contribution in [2.75, 3.05) is 19.8 Å². The van der Waals surface area contributed by atoms with Gasteiger partial charge in [0.2, 0.25) is 0 Å². The Morgan fingerprint density at radius 1 is 1.42 bits per heavy atom. The van der Waals surface area contributed by atoms with Crippen LogP contribution >= 0.6 is 0 Å². The van der Waals surface area contributed by atoms with E-state index in [1.165, 1.54) is 0 Å². The molecule has 0 bridgehead atoms. The minimum atomic E-state index is -0.511. The van der Waals surface area contributed by atoms with Crippen molar-refractivity contribution < 1.29 is 10.2 Å². The van der Waals surface area contributed by atoms with Crippen LogP contribution in [0.25, 0.3) is 0 Å². The van der Waals surface area contributed by atoms with E-state index < -0.39 is 5.54 Å². The Kier molecular flexibility index (Phi) is 5.98. The quantitative estimate of drug-likeness (QED) is 0.383. The average Bonchev–Trinajstić information content (AvgIpc) is 2.14. The first-order valence-electron chi connectivity index (χ1n) is 4.32. The summed E-state index contributed by atoms with van der Waals surface area (Å²) in [6.07, 6.45) is 3.38. The third kappa shape index (κ3) is 3.34. The van der Waals surface area contributed by atoms with Gasteiger partial charge < -0.3 is 15.5 Å². The topological polar surface area (TPSA) is 52.5 Å². The van der Waals surface area contributed by atoms with Crippen LogP contribution in [0.1, 0.15) is 19.8 Å². The molecule has 0 atom stereocenters. The third-order valence-corrected chi connectivity index (χ3v) is 2.13. The average molecular weight is 173 g/mol. The van der Waals surface area contributed by atoms with E-state index in [2.05, 4.69) is 11.9 Å². The highest BCUT2D eigenvalue weighted by Gasteiger charge is 2.24.